The Bertz CT molecular complexity index is 1300. The number of pyridine rings is 1. The van der Waals surface area contributed by atoms with Crippen LogP contribution in [0.5, 0.6) is 40.4 Å². The van der Waals surface area contributed by atoms with E-state index in [1.165, 1.54) is 40.6 Å². The minimum absolute atomic E-state index is 0.00222. The summed E-state index contributed by atoms with van der Waals surface area (Å²) in [7, 11) is 5.97. The van der Waals surface area contributed by atoms with Crippen LogP contribution in [0.1, 0.15) is 28.2 Å². The molecule has 0 radical (unpaired) electrons. The average molecular weight is 450 g/mol. The first-order valence-corrected chi connectivity index (χ1v) is 9.76. The average Bonchev–Trinajstić information content (AvgIpc) is 2.81. The smallest absolute Gasteiger partial charge is 0.227 e. The first-order valence-electron chi connectivity index (χ1n) is 9.76. The summed E-state index contributed by atoms with van der Waals surface area (Å²) < 4.78 is 28.3. The summed E-state index contributed by atoms with van der Waals surface area (Å²) in [6, 6.07) is 8.42. The minimum atomic E-state index is -0.631. The van der Waals surface area contributed by atoms with E-state index in [-0.39, 0.29) is 28.7 Å². The number of methoxy groups -OCH3 is 4. The molecule has 0 fully saturated rings. The van der Waals surface area contributed by atoms with Crippen LogP contribution in [-0.2, 0) is 0 Å². The van der Waals surface area contributed by atoms with Crippen molar-refractivity contribution in [1.29, 1.82) is 5.26 Å². The van der Waals surface area contributed by atoms with Crippen molar-refractivity contribution in [2.45, 2.75) is 5.92 Å². The Morgan fingerprint density at radius 2 is 1.67 bits per heavy atom. The van der Waals surface area contributed by atoms with E-state index >= 15 is 0 Å². The summed E-state index contributed by atoms with van der Waals surface area (Å²) >= 11 is 0. The molecule has 2 heterocycles. The third-order valence-electron chi connectivity index (χ3n) is 5.51. The van der Waals surface area contributed by atoms with Gasteiger partial charge in [0.05, 0.1) is 39.7 Å². The molecular formula is C23H22N4O6. The first-order chi connectivity index (χ1) is 15.9. The molecule has 0 saturated heterocycles. The molecule has 5 N–H and O–H groups in total. The van der Waals surface area contributed by atoms with Gasteiger partial charge in [-0.05, 0) is 12.1 Å². The number of nitrogens with zero attached hydrogens (tertiary/aromatic N) is 2. The van der Waals surface area contributed by atoms with E-state index in [4.69, 9.17) is 35.2 Å². The van der Waals surface area contributed by atoms with Crippen molar-refractivity contribution in [3.8, 4) is 46.4 Å². The highest BCUT2D eigenvalue weighted by atomic mass is 16.5. The van der Waals surface area contributed by atoms with E-state index in [0.717, 1.165) is 0 Å². The van der Waals surface area contributed by atoms with Crippen LogP contribution in [-0.4, -0.2) is 38.5 Å². The summed E-state index contributed by atoms with van der Waals surface area (Å²) in [5, 5.41) is 19.7. The van der Waals surface area contributed by atoms with E-state index in [2.05, 4.69) is 4.98 Å². The van der Waals surface area contributed by atoms with Gasteiger partial charge in [0, 0.05) is 23.1 Å². The van der Waals surface area contributed by atoms with Crippen LogP contribution < -0.4 is 35.2 Å². The molecule has 10 heteroatoms. The topological polar surface area (TPSA) is 155 Å². The van der Waals surface area contributed by atoms with Crippen molar-refractivity contribution >= 4 is 11.5 Å². The molecule has 4 rings (SSSR count). The summed E-state index contributed by atoms with van der Waals surface area (Å²) in [6.07, 6.45) is 0. The van der Waals surface area contributed by atoms with Gasteiger partial charge < -0.3 is 40.3 Å². The molecule has 1 aliphatic heterocycles. The van der Waals surface area contributed by atoms with Gasteiger partial charge in [-0.2, -0.15) is 10.2 Å². The van der Waals surface area contributed by atoms with Gasteiger partial charge in [-0.25, -0.2) is 0 Å². The maximum absolute atomic E-state index is 10.0. The lowest BCUT2D eigenvalue weighted by molar-refractivity contribution is 0.303. The summed E-state index contributed by atoms with van der Waals surface area (Å²) in [5.74, 6) is 1.18. The molecule has 0 amide bonds. The second kappa shape index (κ2) is 8.20. The number of aromatic nitrogens is 1. The number of benzene rings is 2. The summed E-state index contributed by atoms with van der Waals surface area (Å²) in [4.78, 5) is 4.27. The molecule has 0 spiro atoms. The summed E-state index contributed by atoms with van der Waals surface area (Å²) in [5.41, 5.74) is 14.2. The molecule has 1 atom stereocenters. The lowest BCUT2D eigenvalue weighted by atomic mass is 9.81. The fourth-order valence-electron chi connectivity index (χ4n) is 4.09. The number of nitrogens with two attached hydrogens (primary N) is 2. The van der Waals surface area contributed by atoms with Crippen molar-refractivity contribution in [3.63, 3.8) is 0 Å². The second-order valence-corrected chi connectivity index (χ2v) is 7.14. The van der Waals surface area contributed by atoms with Crippen molar-refractivity contribution in [1.82, 2.24) is 4.98 Å². The van der Waals surface area contributed by atoms with E-state index in [1.54, 1.807) is 12.1 Å². The van der Waals surface area contributed by atoms with Crippen LogP contribution in [0.2, 0.25) is 0 Å². The number of phenolic OH excluding ortho intramolecular Hbond substituents is 1. The largest absolute Gasteiger partial charge is 0.508 e. The Hall–Kier alpha value is -4.52. The van der Waals surface area contributed by atoms with Crippen LogP contribution in [0, 0.1) is 11.3 Å². The normalized spacial score (nSPS) is 13.7. The fraction of sp³-hybridized carbons (Fsp3) is 0.217. The molecule has 2 aromatic carbocycles. The van der Waals surface area contributed by atoms with Gasteiger partial charge in [0.1, 0.15) is 28.9 Å². The number of hydrogen-bond acceptors (Lipinski definition) is 10. The van der Waals surface area contributed by atoms with Crippen molar-refractivity contribution in [2.24, 2.45) is 0 Å². The Kier molecular flexibility index (Phi) is 5.39. The van der Waals surface area contributed by atoms with Gasteiger partial charge in [0.15, 0.2) is 11.5 Å². The zero-order valence-electron chi connectivity index (χ0n) is 18.4. The van der Waals surface area contributed by atoms with Crippen LogP contribution in [0.25, 0.3) is 0 Å². The molecule has 0 aliphatic carbocycles. The van der Waals surface area contributed by atoms with Gasteiger partial charge in [0.25, 0.3) is 0 Å². The molecule has 10 nitrogen and oxygen atoms in total. The number of nitrogen functional groups attached to an aromatic ring is 2. The van der Waals surface area contributed by atoms with Crippen molar-refractivity contribution in [3.05, 3.63) is 46.5 Å². The lowest BCUT2D eigenvalue weighted by Crippen LogP contribution is -2.18. The van der Waals surface area contributed by atoms with Crippen LogP contribution in [0.4, 0.5) is 11.5 Å². The Labute approximate surface area is 189 Å². The van der Waals surface area contributed by atoms with Gasteiger partial charge >= 0.3 is 0 Å². The van der Waals surface area contributed by atoms with Crippen molar-refractivity contribution < 1.29 is 28.8 Å². The van der Waals surface area contributed by atoms with Crippen molar-refractivity contribution in [2.75, 3.05) is 39.9 Å². The Balaban J connectivity index is 2.14. The van der Waals surface area contributed by atoms with Gasteiger partial charge in [-0.15, -0.1) is 0 Å². The number of ether oxygens (including phenoxy) is 5. The minimum Gasteiger partial charge on any atom is -0.508 e. The van der Waals surface area contributed by atoms with Crippen LogP contribution in [0.15, 0.2) is 24.3 Å². The zero-order valence-corrected chi connectivity index (χ0v) is 18.4. The zero-order chi connectivity index (χ0) is 23.9. The van der Waals surface area contributed by atoms with E-state index < -0.39 is 5.92 Å². The Morgan fingerprint density at radius 1 is 0.970 bits per heavy atom. The molecule has 0 bridgehead atoms. The lowest BCUT2D eigenvalue weighted by Gasteiger charge is -2.31. The first kappa shape index (κ1) is 21.7. The number of phenols is 1. The second-order valence-electron chi connectivity index (χ2n) is 7.14. The maximum Gasteiger partial charge on any atom is 0.227 e. The highest BCUT2D eigenvalue weighted by molar-refractivity contribution is 5.77. The molecule has 3 aromatic rings. The van der Waals surface area contributed by atoms with Gasteiger partial charge in [0.2, 0.25) is 17.4 Å². The molecule has 33 heavy (non-hydrogen) atoms. The van der Waals surface area contributed by atoms with E-state index in [9.17, 15) is 10.4 Å². The molecule has 0 unspecified atom stereocenters. The number of aromatic hydroxyl groups is 1. The highest BCUT2D eigenvalue weighted by Gasteiger charge is 2.37. The molecule has 170 valence electrons. The number of rotatable bonds is 5. The van der Waals surface area contributed by atoms with Gasteiger partial charge in [-0.3, -0.25) is 0 Å². The number of hydrogen-bond donors (Lipinski definition) is 3. The number of nitriles is 1. The Morgan fingerprint density at radius 3 is 2.27 bits per heavy atom. The monoisotopic (exact) mass is 450 g/mol. The highest BCUT2D eigenvalue weighted by Crippen LogP contribution is 2.56. The van der Waals surface area contributed by atoms with Crippen LogP contribution in [0.3, 0.4) is 0 Å². The number of anilines is 2. The van der Waals surface area contributed by atoms with E-state index in [0.29, 0.717) is 45.4 Å². The molecule has 1 aliphatic rings. The molecule has 0 saturated carbocycles. The maximum atomic E-state index is 10.0. The van der Waals surface area contributed by atoms with Crippen LogP contribution >= 0.6 is 0 Å². The SMILES string of the molecule is COc1cc([C@@H]2c3ccc(O)cc3Oc3nc(N)c(C#N)c(N)c32)c(OC)c(OC)c1OC. The molecular weight excluding hydrogens is 428 g/mol. The fourth-order valence-corrected chi connectivity index (χ4v) is 4.09. The standard InChI is InChI=1S/C23H22N4O6/c1-29-15-8-12(19(30-2)21(32-4)20(15)31-3)16-11-6-5-10(28)7-14(11)33-23-17(16)18(25)13(9-24)22(26)27-23/h5-8,16,28H,1-4H3,(H4,25,26,27)/t16-/m0/s1. The predicted molar refractivity (Wildman–Crippen MR) is 120 cm³/mol. The number of fused-ring (bicyclic) bond motifs is 2. The van der Waals surface area contributed by atoms with Gasteiger partial charge in [-0.1, -0.05) is 6.07 Å². The molecule has 1 aromatic heterocycles. The van der Waals surface area contributed by atoms with E-state index in [1.807, 2.05) is 6.07 Å². The summed E-state index contributed by atoms with van der Waals surface area (Å²) in [6.45, 7) is 0. The third-order valence-corrected chi connectivity index (χ3v) is 5.51. The predicted octanol–water partition coefficient (Wildman–Crippen LogP) is 3.14. The third kappa shape index (κ3) is 3.22. The quantitative estimate of drug-likeness (QED) is 0.413.